The average molecular weight is 417 g/mol. The fourth-order valence-electron chi connectivity index (χ4n) is 5.85. The predicted molar refractivity (Wildman–Crippen MR) is 130 cm³/mol. The lowest BCUT2D eigenvalue weighted by Crippen LogP contribution is -2.42. The van der Waals surface area contributed by atoms with E-state index in [0.29, 0.717) is 11.8 Å². The Balaban J connectivity index is 1.19. The zero-order chi connectivity index (χ0) is 21.5. The minimum absolute atomic E-state index is 0.550. The summed E-state index contributed by atoms with van der Waals surface area (Å²) in [7, 11) is 0. The van der Waals surface area contributed by atoms with Crippen molar-refractivity contribution in [3.05, 3.63) is 58.4 Å². The summed E-state index contributed by atoms with van der Waals surface area (Å²) in [5.41, 5.74) is 9.30. The average Bonchev–Trinajstić information content (AvgIpc) is 3.18. The van der Waals surface area contributed by atoms with Crippen LogP contribution in [-0.2, 0) is 6.54 Å². The Labute approximate surface area is 187 Å². The van der Waals surface area contributed by atoms with Crippen molar-refractivity contribution in [3.8, 4) is 0 Å². The van der Waals surface area contributed by atoms with E-state index < -0.39 is 0 Å². The van der Waals surface area contributed by atoms with Gasteiger partial charge in [0.05, 0.1) is 6.54 Å². The van der Waals surface area contributed by atoms with Crippen molar-refractivity contribution < 1.29 is 0 Å². The van der Waals surface area contributed by atoms with Crippen LogP contribution in [-0.4, -0.2) is 47.5 Å². The Bertz CT molecular complexity index is 975. The summed E-state index contributed by atoms with van der Waals surface area (Å²) in [5.74, 6) is 2.41. The molecule has 31 heavy (non-hydrogen) atoms. The Morgan fingerprint density at radius 3 is 2.71 bits per heavy atom. The molecule has 0 bridgehead atoms. The van der Waals surface area contributed by atoms with E-state index in [1.54, 1.807) is 0 Å². The molecular formula is C27H36N4. The number of hydrogen-bond acceptors (Lipinski definition) is 4. The van der Waals surface area contributed by atoms with Crippen molar-refractivity contribution in [2.24, 2.45) is 21.8 Å². The van der Waals surface area contributed by atoms with Crippen LogP contribution in [0.4, 0.5) is 0 Å². The van der Waals surface area contributed by atoms with E-state index in [0.717, 1.165) is 26.1 Å². The molecule has 0 N–H and O–H groups in total. The summed E-state index contributed by atoms with van der Waals surface area (Å²) in [6.07, 6.45) is 5.98. The highest BCUT2D eigenvalue weighted by Crippen LogP contribution is 2.34. The number of nitrogens with zero attached hydrogens (tertiary/aromatic N) is 4. The third kappa shape index (κ3) is 3.91. The van der Waals surface area contributed by atoms with Gasteiger partial charge < -0.3 is 9.80 Å². The number of aryl methyl sites for hydroxylation is 1. The third-order valence-electron chi connectivity index (χ3n) is 7.74. The van der Waals surface area contributed by atoms with Crippen molar-refractivity contribution in [2.75, 3.05) is 26.2 Å². The molecule has 2 saturated heterocycles. The second kappa shape index (κ2) is 8.38. The Hall–Kier alpha value is -2.20. The molecule has 0 aliphatic carbocycles. The van der Waals surface area contributed by atoms with E-state index in [-0.39, 0.29) is 0 Å². The van der Waals surface area contributed by atoms with Crippen LogP contribution >= 0.6 is 0 Å². The molecule has 0 saturated carbocycles. The van der Waals surface area contributed by atoms with Crippen molar-refractivity contribution in [3.63, 3.8) is 0 Å². The number of amidine groups is 1. The molecule has 4 heteroatoms. The van der Waals surface area contributed by atoms with Crippen LogP contribution in [0.25, 0.3) is 0 Å². The highest BCUT2D eigenvalue weighted by molar-refractivity contribution is 6.05. The zero-order valence-corrected chi connectivity index (χ0v) is 19.5. The topological polar surface area (TPSA) is 31.2 Å². The summed E-state index contributed by atoms with van der Waals surface area (Å²) < 4.78 is 0. The van der Waals surface area contributed by atoms with Crippen LogP contribution in [0.1, 0.15) is 62.6 Å². The largest absolute Gasteiger partial charge is 0.330 e. The van der Waals surface area contributed by atoms with Gasteiger partial charge in [0.1, 0.15) is 5.84 Å². The molecule has 5 rings (SSSR count). The number of fused-ring (bicyclic) bond motifs is 2. The molecule has 0 aromatic heterocycles. The van der Waals surface area contributed by atoms with Gasteiger partial charge in [-0.2, -0.15) is 0 Å². The molecule has 4 nitrogen and oxygen atoms in total. The summed E-state index contributed by atoms with van der Waals surface area (Å²) in [4.78, 5) is 15.0. The van der Waals surface area contributed by atoms with Gasteiger partial charge in [-0.05, 0) is 70.2 Å². The van der Waals surface area contributed by atoms with Gasteiger partial charge in [0.25, 0.3) is 0 Å². The first kappa shape index (κ1) is 20.7. The summed E-state index contributed by atoms with van der Waals surface area (Å²) in [6, 6.07) is 6.84. The highest BCUT2D eigenvalue weighted by Gasteiger charge is 2.31. The lowest BCUT2D eigenvalue weighted by atomic mass is 9.87. The maximum atomic E-state index is 5.00. The summed E-state index contributed by atoms with van der Waals surface area (Å²) >= 11 is 0. The van der Waals surface area contributed by atoms with Crippen LogP contribution < -0.4 is 0 Å². The Morgan fingerprint density at radius 1 is 1.10 bits per heavy atom. The Kier molecular flexibility index (Phi) is 5.60. The predicted octanol–water partition coefficient (Wildman–Crippen LogP) is 5.33. The fourth-order valence-corrected chi connectivity index (χ4v) is 5.85. The normalized spacial score (nSPS) is 24.8. The Morgan fingerprint density at radius 2 is 1.90 bits per heavy atom. The van der Waals surface area contributed by atoms with Crippen molar-refractivity contribution in [2.45, 2.75) is 59.4 Å². The van der Waals surface area contributed by atoms with Crippen molar-refractivity contribution in [1.29, 1.82) is 0 Å². The van der Waals surface area contributed by atoms with Crippen LogP contribution in [0.5, 0.6) is 0 Å². The molecule has 4 aliphatic heterocycles. The van der Waals surface area contributed by atoms with Crippen molar-refractivity contribution in [1.82, 2.24) is 9.80 Å². The highest BCUT2D eigenvalue weighted by atomic mass is 15.2. The van der Waals surface area contributed by atoms with E-state index in [1.807, 2.05) is 0 Å². The van der Waals surface area contributed by atoms with E-state index in [2.05, 4.69) is 55.3 Å². The molecule has 1 aromatic rings. The van der Waals surface area contributed by atoms with Gasteiger partial charge in [-0.25, -0.2) is 4.99 Å². The monoisotopic (exact) mass is 416 g/mol. The third-order valence-corrected chi connectivity index (χ3v) is 7.74. The van der Waals surface area contributed by atoms with E-state index in [1.165, 1.54) is 84.0 Å². The molecule has 164 valence electrons. The van der Waals surface area contributed by atoms with Gasteiger partial charge in [0.15, 0.2) is 0 Å². The number of rotatable bonds is 4. The number of aliphatic imine (C=N–C) groups is 2. The van der Waals surface area contributed by atoms with Gasteiger partial charge in [-0.1, -0.05) is 37.3 Å². The maximum Gasteiger partial charge on any atom is 0.112 e. The van der Waals surface area contributed by atoms with Crippen LogP contribution in [0.2, 0.25) is 0 Å². The second-order valence-corrected chi connectivity index (χ2v) is 9.90. The summed E-state index contributed by atoms with van der Waals surface area (Å²) in [6.45, 7) is 16.5. The molecule has 1 aromatic carbocycles. The SMILES string of the molecule is C=C1C(CCN2CCC(C3=NCc4cc(C)ccc43)CC2)=C(C)N=C2C(C)CCCN12. The van der Waals surface area contributed by atoms with Crippen LogP contribution in [0, 0.1) is 18.8 Å². The molecule has 4 aliphatic rings. The quantitative estimate of drug-likeness (QED) is 0.664. The first-order valence-corrected chi connectivity index (χ1v) is 12.1. The van der Waals surface area contributed by atoms with Gasteiger partial charge >= 0.3 is 0 Å². The zero-order valence-electron chi connectivity index (χ0n) is 19.5. The minimum Gasteiger partial charge on any atom is -0.330 e. The first-order chi connectivity index (χ1) is 15.0. The lowest BCUT2D eigenvalue weighted by Gasteiger charge is -2.40. The molecular weight excluding hydrogens is 380 g/mol. The molecule has 4 heterocycles. The maximum absolute atomic E-state index is 5.00. The van der Waals surface area contributed by atoms with Gasteiger partial charge in [0.2, 0.25) is 0 Å². The molecule has 2 fully saturated rings. The van der Waals surface area contributed by atoms with Crippen LogP contribution in [0.3, 0.4) is 0 Å². The molecule has 0 radical (unpaired) electrons. The molecule has 0 spiro atoms. The van der Waals surface area contributed by atoms with Gasteiger partial charge in [0, 0.05) is 47.6 Å². The smallest absolute Gasteiger partial charge is 0.112 e. The van der Waals surface area contributed by atoms with Crippen LogP contribution in [0.15, 0.2) is 51.7 Å². The van der Waals surface area contributed by atoms with Crippen molar-refractivity contribution >= 4 is 11.5 Å². The van der Waals surface area contributed by atoms with E-state index in [9.17, 15) is 0 Å². The number of benzene rings is 1. The number of likely N-dealkylation sites (tertiary alicyclic amines) is 1. The minimum atomic E-state index is 0.550. The standard InChI is InChI=1S/C27H36N4/c1-18-7-8-25-23(16-18)17-28-26(25)22-9-13-30(14-10-22)15-11-24-20(3)29-27-19(2)6-5-12-31(27)21(24)4/h7-8,16,19,22H,4-6,9-15,17H2,1-3H3. The first-order valence-electron chi connectivity index (χ1n) is 12.1. The molecule has 1 atom stereocenters. The molecule has 1 unspecified atom stereocenters. The lowest BCUT2D eigenvalue weighted by molar-refractivity contribution is 0.211. The van der Waals surface area contributed by atoms with E-state index in [4.69, 9.17) is 9.98 Å². The summed E-state index contributed by atoms with van der Waals surface area (Å²) in [5, 5.41) is 0. The van der Waals surface area contributed by atoms with Gasteiger partial charge in [-0.15, -0.1) is 0 Å². The number of hydrogen-bond donors (Lipinski definition) is 0. The second-order valence-electron chi connectivity index (χ2n) is 9.90. The van der Waals surface area contributed by atoms with E-state index >= 15 is 0 Å². The molecule has 0 amide bonds. The number of piperidine rings is 2. The number of allylic oxidation sites excluding steroid dienone is 2. The fraction of sp³-hybridized carbons (Fsp3) is 0.556. The van der Waals surface area contributed by atoms with Gasteiger partial charge in [-0.3, -0.25) is 4.99 Å².